The van der Waals surface area contributed by atoms with Crippen LogP contribution in [0.2, 0.25) is 0 Å². The van der Waals surface area contributed by atoms with Crippen LogP contribution in [-0.2, 0) is 0 Å². The first-order chi connectivity index (χ1) is 6.52. The van der Waals surface area contributed by atoms with Crippen LogP contribution in [0.3, 0.4) is 0 Å². The molecule has 0 unspecified atom stereocenters. The summed E-state index contributed by atoms with van der Waals surface area (Å²) in [4.78, 5) is 11.4. The van der Waals surface area contributed by atoms with Gasteiger partial charge in [-0.2, -0.15) is 0 Å². The highest BCUT2D eigenvalue weighted by Gasteiger charge is 2.14. The zero-order valence-electron chi connectivity index (χ0n) is 11.0. The van der Waals surface area contributed by atoms with Crippen LogP contribution in [-0.4, -0.2) is 11.6 Å². The third-order valence-corrected chi connectivity index (χ3v) is 2.09. The summed E-state index contributed by atoms with van der Waals surface area (Å²) in [5.41, 5.74) is 1.04. The second kappa shape index (κ2) is 4.69. The monoisotopic (exact) mass is 212 g/mol. The number of allylic oxidation sites excluding steroid dienone is 1. The lowest BCUT2D eigenvalue weighted by atomic mass is 9.88. The maximum absolute atomic E-state index is 11.4. The molecule has 0 aliphatic rings. The maximum atomic E-state index is 11.4. The fraction of sp³-hybridized carbons (Fsp3) is 0.750. The highest BCUT2D eigenvalue weighted by molar-refractivity contribution is 5.75. The molecular formula is C12H24N2O. The summed E-state index contributed by atoms with van der Waals surface area (Å²) in [6, 6.07) is -0.161. The predicted octanol–water partition coefficient (Wildman–Crippen LogP) is 3.03. The lowest BCUT2D eigenvalue weighted by Gasteiger charge is -2.22. The molecule has 0 aliphatic heterocycles. The Morgan fingerprint density at radius 2 is 1.53 bits per heavy atom. The van der Waals surface area contributed by atoms with Gasteiger partial charge in [0.1, 0.15) is 0 Å². The molecule has 0 saturated carbocycles. The lowest BCUT2D eigenvalue weighted by Crippen LogP contribution is -2.45. The molecule has 0 spiro atoms. The van der Waals surface area contributed by atoms with Crippen molar-refractivity contribution < 1.29 is 4.79 Å². The molecule has 0 bridgehead atoms. The van der Waals surface area contributed by atoms with Gasteiger partial charge in [0.25, 0.3) is 0 Å². The highest BCUT2D eigenvalue weighted by atomic mass is 16.2. The normalized spacial score (nSPS) is 13.7. The van der Waals surface area contributed by atoms with E-state index in [2.05, 4.69) is 31.4 Å². The molecule has 0 rings (SSSR count). The smallest absolute Gasteiger partial charge is 0.319 e. The van der Waals surface area contributed by atoms with Gasteiger partial charge in [-0.3, -0.25) is 0 Å². The van der Waals surface area contributed by atoms with Gasteiger partial charge < -0.3 is 10.6 Å². The second-order valence-electron chi connectivity index (χ2n) is 5.93. The Balaban J connectivity index is 4.23. The van der Waals surface area contributed by atoms with Crippen molar-refractivity contribution in [3.63, 3.8) is 0 Å². The third kappa shape index (κ3) is 7.00. The Kier molecular flexibility index (Phi) is 4.38. The van der Waals surface area contributed by atoms with E-state index in [0.29, 0.717) is 0 Å². The van der Waals surface area contributed by atoms with E-state index in [0.717, 1.165) is 5.57 Å². The van der Waals surface area contributed by atoms with Gasteiger partial charge in [-0.25, -0.2) is 4.79 Å². The highest BCUT2D eigenvalue weighted by Crippen LogP contribution is 2.23. The first-order valence-electron chi connectivity index (χ1n) is 5.28. The molecule has 0 heterocycles. The third-order valence-electron chi connectivity index (χ3n) is 2.09. The summed E-state index contributed by atoms with van der Waals surface area (Å²) in [7, 11) is 0. The van der Waals surface area contributed by atoms with Gasteiger partial charge in [0, 0.05) is 11.7 Å². The Morgan fingerprint density at radius 3 is 1.87 bits per heavy atom. The molecule has 0 atom stereocenters. The van der Waals surface area contributed by atoms with Crippen molar-refractivity contribution >= 4 is 6.03 Å². The lowest BCUT2D eigenvalue weighted by molar-refractivity contribution is 0.235. The number of carbonyl (C=O) groups excluding carboxylic acids is 1. The van der Waals surface area contributed by atoms with Crippen LogP contribution in [0.15, 0.2) is 11.8 Å². The average Bonchev–Trinajstić information content (AvgIpc) is 1.94. The van der Waals surface area contributed by atoms with E-state index in [4.69, 9.17) is 0 Å². The summed E-state index contributed by atoms with van der Waals surface area (Å²) >= 11 is 0. The van der Waals surface area contributed by atoms with Crippen molar-refractivity contribution in [2.24, 2.45) is 5.41 Å². The Hall–Kier alpha value is -0.990. The van der Waals surface area contributed by atoms with Gasteiger partial charge >= 0.3 is 6.03 Å². The summed E-state index contributed by atoms with van der Waals surface area (Å²) < 4.78 is 0. The molecule has 15 heavy (non-hydrogen) atoms. The van der Waals surface area contributed by atoms with Crippen LogP contribution >= 0.6 is 0 Å². The number of nitrogens with one attached hydrogen (secondary N) is 2. The number of rotatable bonds is 1. The van der Waals surface area contributed by atoms with Crippen LogP contribution < -0.4 is 10.6 Å². The quantitative estimate of drug-likeness (QED) is 0.689. The molecule has 0 aromatic heterocycles. The molecule has 0 aromatic carbocycles. The van der Waals surface area contributed by atoms with Gasteiger partial charge in [0.15, 0.2) is 0 Å². The molecule has 0 saturated heterocycles. The van der Waals surface area contributed by atoms with Crippen LogP contribution in [0.1, 0.15) is 48.5 Å². The molecule has 0 radical (unpaired) electrons. The standard InChI is InChI=1S/C12H24N2O/c1-9(11(2,3)4)8-13-10(15)14-12(5,6)7/h8H,1-7H3,(H2,13,14,15)/b9-8+. The average molecular weight is 212 g/mol. The van der Waals surface area contributed by atoms with Crippen LogP contribution in [0.25, 0.3) is 0 Å². The SMILES string of the molecule is C/C(=C\NC(=O)NC(C)(C)C)C(C)(C)C. The fourth-order valence-corrected chi connectivity index (χ4v) is 0.767. The van der Waals surface area contributed by atoms with E-state index >= 15 is 0 Å². The zero-order chi connectivity index (χ0) is 12.3. The summed E-state index contributed by atoms with van der Waals surface area (Å²) in [5, 5.41) is 5.56. The molecule has 3 heteroatoms. The van der Waals surface area contributed by atoms with Crippen molar-refractivity contribution in [1.29, 1.82) is 0 Å². The zero-order valence-corrected chi connectivity index (χ0v) is 11.0. The van der Waals surface area contributed by atoms with Crippen molar-refractivity contribution in [3.8, 4) is 0 Å². The van der Waals surface area contributed by atoms with E-state index in [9.17, 15) is 4.79 Å². The second-order valence-corrected chi connectivity index (χ2v) is 5.93. The van der Waals surface area contributed by atoms with E-state index in [-0.39, 0.29) is 17.0 Å². The predicted molar refractivity (Wildman–Crippen MR) is 64.6 cm³/mol. The number of amides is 2. The number of hydrogen-bond acceptors (Lipinski definition) is 1. The number of urea groups is 1. The van der Waals surface area contributed by atoms with Crippen molar-refractivity contribution in [2.75, 3.05) is 0 Å². The van der Waals surface area contributed by atoms with E-state index in [1.165, 1.54) is 0 Å². The van der Waals surface area contributed by atoms with Gasteiger partial charge in [-0.1, -0.05) is 26.3 Å². The summed E-state index contributed by atoms with van der Waals surface area (Å²) in [6.07, 6.45) is 1.76. The Bertz CT molecular complexity index is 254. The van der Waals surface area contributed by atoms with Crippen LogP contribution in [0.4, 0.5) is 4.79 Å². The Morgan fingerprint density at radius 1 is 1.07 bits per heavy atom. The van der Waals surface area contributed by atoms with Crippen molar-refractivity contribution in [1.82, 2.24) is 10.6 Å². The molecule has 2 N–H and O–H groups in total. The van der Waals surface area contributed by atoms with Crippen molar-refractivity contribution in [2.45, 2.75) is 54.0 Å². The largest absolute Gasteiger partial charge is 0.333 e. The van der Waals surface area contributed by atoms with E-state index in [1.807, 2.05) is 27.7 Å². The molecule has 0 fully saturated rings. The molecule has 0 aromatic rings. The minimum atomic E-state index is -0.201. The number of hydrogen-bond donors (Lipinski definition) is 2. The molecule has 2 amide bonds. The van der Waals surface area contributed by atoms with E-state index in [1.54, 1.807) is 6.20 Å². The molecular weight excluding hydrogens is 188 g/mol. The van der Waals surface area contributed by atoms with Crippen LogP contribution in [0.5, 0.6) is 0 Å². The number of carbonyl (C=O) groups is 1. The van der Waals surface area contributed by atoms with E-state index < -0.39 is 0 Å². The Labute approximate surface area is 93.3 Å². The molecule has 88 valence electrons. The van der Waals surface area contributed by atoms with Gasteiger partial charge in [-0.15, -0.1) is 0 Å². The molecule has 3 nitrogen and oxygen atoms in total. The minimum Gasteiger partial charge on any atom is -0.333 e. The van der Waals surface area contributed by atoms with Crippen molar-refractivity contribution in [3.05, 3.63) is 11.8 Å². The maximum Gasteiger partial charge on any atom is 0.319 e. The first kappa shape index (κ1) is 14.0. The van der Waals surface area contributed by atoms with Gasteiger partial charge in [0.05, 0.1) is 0 Å². The van der Waals surface area contributed by atoms with Gasteiger partial charge in [-0.05, 0) is 33.1 Å². The minimum absolute atomic E-state index is 0.0923. The van der Waals surface area contributed by atoms with Crippen LogP contribution in [0, 0.1) is 5.41 Å². The topological polar surface area (TPSA) is 41.1 Å². The molecule has 0 aliphatic carbocycles. The summed E-state index contributed by atoms with van der Waals surface area (Å²) in [5.74, 6) is 0. The summed E-state index contributed by atoms with van der Waals surface area (Å²) in [6.45, 7) is 14.2. The first-order valence-corrected chi connectivity index (χ1v) is 5.28. The van der Waals surface area contributed by atoms with Gasteiger partial charge in [0.2, 0.25) is 0 Å². The fourth-order valence-electron chi connectivity index (χ4n) is 0.767.